The molecule has 0 aromatic heterocycles. The fourth-order valence-electron chi connectivity index (χ4n) is 2.74. The summed E-state index contributed by atoms with van der Waals surface area (Å²) >= 11 is 5.86. The first-order valence-corrected chi connectivity index (χ1v) is 8.05. The highest BCUT2D eigenvalue weighted by Gasteiger charge is 2.42. The Hall–Kier alpha value is -2.37. The van der Waals surface area contributed by atoms with E-state index >= 15 is 0 Å². The van der Waals surface area contributed by atoms with Crippen molar-refractivity contribution in [3.63, 3.8) is 0 Å². The topological polar surface area (TPSA) is 63.2 Å². The third-order valence-corrected chi connectivity index (χ3v) is 4.32. The number of carbonyl (C=O) groups is 2. The first-order valence-electron chi connectivity index (χ1n) is 7.67. The van der Waals surface area contributed by atoms with Crippen LogP contribution in [-0.4, -0.2) is 25.0 Å². The van der Waals surface area contributed by atoms with E-state index in [2.05, 4.69) is 0 Å². The van der Waals surface area contributed by atoms with Gasteiger partial charge in [-0.3, -0.25) is 9.59 Å². The first-order chi connectivity index (χ1) is 11.6. The van der Waals surface area contributed by atoms with E-state index in [0.717, 1.165) is 11.3 Å². The lowest BCUT2D eigenvalue weighted by Gasteiger charge is -2.14. The Balaban J connectivity index is 1.66. The summed E-state index contributed by atoms with van der Waals surface area (Å²) in [7, 11) is 1.62. The average Bonchev–Trinajstić information content (AvgIpc) is 2.88. The number of benzene rings is 2. The van der Waals surface area contributed by atoms with E-state index in [1.165, 1.54) is 4.90 Å². The van der Waals surface area contributed by atoms with Crippen LogP contribution in [0.25, 0.3) is 0 Å². The molecule has 2 N–H and O–H groups in total. The molecule has 1 saturated heterocycles. The van der Waals surface area contributed by atoms with Crippen LogP contribution in [0, 0.1) is 0 Å². The van der Waals surface area contributed by atoms with Gasteiger partial charge in [0.05, 0.1) is 19.2 Å². The zero-order valence-corrected chi connectivity index (χ0v) is 14.0. The van der Waals surface area contributed by atoms with Crippen LogP contribution in [0.4, 0.5) is 5.69 Å². The van der Waals surface area contributed by atoms with Crippen molar-refractivity contribution in [2.75, 3.05) is 12.0 Å². The zero-order chi connectivity index (χ0) is 17.1. The Labute approximate surface area is 145 Å². The zero-order valence-electron chi connectivity index (χ0n) is 13.2. The Kier molecular flexibility index (Phi) is 4.83. The van der Waals surface area contributed by atoms with Gasteiger partial charge >= 0.3 is 0 Å². The van der Waals surface area contributed by atoms with Crippen LogP contribution in [0.5, 0.6) is 5.75 Å². The maximum absolute atomic E-state index is 12.5. The van der Waals surface area contributed by atoms with Gasteiger partial charge in [-0.25, -0.2) is 4.90 Å². The molecule has 1 aliphatic heterocycles. The second-order valence-corrected chi connectivity index (χ2v) is 6.08. The number of carbonyl (C=O) groups excluding carboxylic acids is 2. The number of methoxy groups -OCH3 is 1. The molecule has 2 aromatic rings. The predicted molar refractivity (Wildman–Crippen MR) is 91.0 cm³/mol. The van der Waals surface area contributed by atoms with Gasteiger partial charge in [0.15, 0.2) is 6.04 Å². The van der Waals surface area contributed by atoms with Crippen LogP contribution in [0.1, 0.15) is 12.0 Å². The van der Waals surface area contributed by atoms with E-state index in [1.54, 1.807) is 31.4 Å². The van der Waals surface area contributed by atoms with Crippen molar-refractivity contribution < 1.29 is 19.6 Å². The smallest absolute Gasteiger partial charge is 0.292 e. The van der Waals surface area contributed by atoms with E-state index in [1.807, 2.05) is 29.6 Å². The summed E-state index contributed by atoms with van der Waals surface area (Å²) in [5.41, 5.74) is 1.63. The third-order valence-electron chi connectivity index (χ3n) is 4.06. The summed E-state index contributed by atoms with van der Waals surface area (Å²) in [5.74, 6) is 0.425. The van der Waals surface area contributed by atoms with Crippen molar-refractivity contribution in [1.82, 2.24) is 0 Å². The molecule has 0 aliphatic carbocycles. The van der Waals surface area contributed by atoms with Crippen LogP contribution in [0.15, 0.2) is 48.5 Å². The van der Waals surface area contributed by atoms with Crippen molar-refractivity contribution in [2.24, 2.45) is 0 Å². The minimum Gasteiger partial charge on any atom is -0.497 e. The summed E-state index contributed by atoms with van der Waals surface area (Å²) in [6, 6.07) is 14.0. The summed E-state index contributed by atoms with van der Waals surface area (Å²) < 4.78 is 5.12. The number of rotatable bonds is 5. The normalized spacial score (nSPS) is 17.4. The average molecular weight is 346 g/mol. The minimum absolute atomic E-state index is 0.182. The molecule has 1 heterocycles. The lowest BCUT2D eigenvalue weighted by molar-refractivity contribution is -0.690. The van der Waals surface area contributed by atoms with E-state index in [9.17, 15) is 9.59 Å². The van der Waals surface area contributed by atoms with Gasteiger partial charge < -0.3 is 10.1 Å². The summed E-state index contributed by atoms with van der Waals surface area (Å²) in [5, 5.41) is 2.47. The van der Waals surface area contributed by atoms with E-state index in [0.29, 0.717) is 17.3 Å². The van der Waals surface area contributed by atoms with Crippen LogP contribution < -0.4 is 15.0 Å². The van der Waals surface area contributed by atoms with Crippen molar-refractivity contribution in [3.05, 3.63) is 59.1 Å². The Morgan fingerprint density at radius 2 is 1.79 bits per heavy atom. The van der Waals surface area contributed by atoms with Crippen molar-refractivity contribution in [3.8, 4) is 5.75 Å². The largest absolute Gasteiger partial charge is 0.497 e. The molecule has 0 spiro atoms. The van der Waals surface area contributed by atoms with Crippen LogP contribution in [-0.2, 0) is 16.1 Å². The molecule has 6 heteroatoms. The number of anilines is 1. The number of quaternary nitrogens is 1. The third kappa shape index (κ3) is 3.42. The summed E-state index contributed by atoms with van der Waals surface area (Å²) in [6.07, 6.45) is 0.206. The fourth-order valence-corrected chi connectivity index (χ4v) is 2.87. The van der Waals surface area contributed by atoms with Gasteiger partial charge in [0, 0.05) is 10.6 Å². The Morgan fingerprint density at radius 3 is 2.42 bits per heavy atom. The summed E-state index contributed by atoms with van der Waals surface area (Å²) in [6.45, 7) is 0.627. The van der Waals surface area contributed by atoms with Crippen molar-refractivity contribution in [2.45, 2.75) is 19.0 Å². The molecular weight excluding hydrogens is 328 g/mol. The van der Waals surface area contributed by atoms with Gasteiger partial charge in [0.2, 0.25) is 5.91 Å². The lowest BCUT2D eigenvalue weighted by Crippen LogP contribution is -2.90. The standard InChI is InChI=1S/C18H17ClN2O3/c1-24-15-8-2-12(3-9-15)11-20-16-10-17(22)21(18(16)23)14-6-4-13(19)5-7-14/h2-9,16,20H,10-11H2,1H3/p+1/t16-/m1/s1. The molecule has 3 rings (SSSR count). The maximum Gasteiger partial charge on any atom is 0.292 e. The molecule has 1 atom stereocenters. The van der Waals surface area contributed by atoms with E-state index in [-0.39, 0.29) is 18.2 Å². The molecule has 0 saturated carbocycles. The molecule has 2 aromatic carbocycles. The van der Waals surface area contributed by atoms with Gasteiger partial charge in [0.25, 0.3) is 5.91 Å². The maximum atomic E-state index is 12.5. The molecule has 24 heavy (non-hydrogen) atoms. The molecule has 0 unspecified atom stereocenters. The molecular formula is C18H18ClN2O3+. The van der Waals surface area contributed by atoms with Gasteiger partial charge in [-0.2, -0.15) is 0 Å². The molecule has 0 radical (unpaired) electrons. The molecule has 124 valence electrons. The Morgan fingerprint density at radius 1 is 1.12 bits per heavy atom. The van der Waals surface area contributed by atoms with Crippen molar-refractivity contribution in [1.29, 1.82) is 0 Å². The molecule has 2 amide bonds. The van der Waals surface area contributed by atoms with Crippen molar-refractivity contribution >= 4 is 29.1 Å². The highest BCUT2D eigenvalue weighted by molar-refractivity contribution is 6.30. The highest BCUT2D eigenvalue weighted by atomic mass is 35.5. The number of hydrogen-bond donors (Lipinski definition) is 1. The number of nitrogens with zero attached hydrogens (tertiary/aromatic N) is 1. The number of ether oxygens (including phenoxy) is 1. The van der Waals surface area contributed by atoms with Crippen LogP contribution >= 0.6 is 11.6 Å². The monoisotopic (exact) mass is 345 g/mol. The minimum atomic E-state index is -0.393. The molecule has 1 fully saturated rings. The number of nitrogens with two attached hydrogens (primary N) is 1. The molecule has 0 bridgehead atoms. The first kappa shape index (κ1) is 16.5. The predicted octanol–water partition coefficient (Wildman–Crippen LogP) is 1.74. The number of halogens is 1. The number of amides is 2. The number of imide groups is 1. The number of hydrogen-bond acceptors (Lipinski definition) is 3. The lowest BCUT2D eigenvalue weighted by atomic mass is 10.2. The summed E-state index contributed by atoms with van der Waals surface area (Å²) in [4.78, 5) is 26.0. The molecule has 5 nitrogen and oxygen atoms in total. The Bertz CT molecular complexity index is 744. The van der Waals surface area contributed by atoms with Gasteiger partial charge in [0.1, 0.15) is 12.3 Å². The van der Waals surface area contributed by atoms with E-state index < -0.39 is 6.04 Å². The highest BCUT2D eigenvalue weighted by Crippen LogP contribution is 2.23. The fraction of sp³-hybridized carbons (Fsp3) is 0.222. The van der Waals surface area contributed by atoms with Gasteiger partial charge in [-0.15, -0.1) is 0 Å². The SMILES string of the molecule is COc1ccc(C[NH2+][C@@H]2CC(=O)N(c3ccc(Cl)cc3)C2=O)cc1. The van der Waals surface area contributed by atoms with Crippen LogP contribution in [0.3, 0.4) is 0 Å². The second kappa shape index (κ2) is 7.03. The van der Waals surface area contributed by atoms with E-state index in [4.69, 9.17) is 16.3 Å². The second-order valence-electron chi connectivity index (χ2n) is 5.64. The van der Waals surface area contributed by atoms with Gasteiger partial charge in [-0.05, 0) is 48.5 Å². The van der Waals surface area contributed by atoms with Gasteiger partial charge in [-0.1, -0.05) is 11.6 Å². The molecule has 1 aliphatic rings. The van der Waals surface area contributed by atoms with Crippen LogP contribution in [0.2, 0.25) is 5.02 Å². The quantitative estimate of drug-likeness (QED) is 0.840.